The van der Waals surface area contributed by atoms with Crippen molar-refractivity contribution in [1.29, 1.82) is 5.26 Å². The highest BCUT2D eigenvalue weighted by atomic mass is 16.6. The molecule has 2 rings (SSSR count). The first-order chi connectivity index (χ1) is 8.13. The fourth-order valence-electron chi connectivity index (χ4n) is 1.45. The Balaban J connectivity index is 2.69. The molecule has 0 fully saturated rings. The van der Waals surface area contributed by atoms with E-state index in [-0.39, 0.29) is 28.7 Å². The van der Waals surface area contributed by atoms with Crippen LogP contribution in [-0.4, -0.2) is 14.5 Å². The Hall–Kier alpha value is -2.75. The molecular weight excluding hydrogens is 224 g/mol. The number of fused-ring (bicyclic) bond motifs is 1. The summed E-state index contributed by atoms with van der Waals surface area (Å²) in [6.07, 6.45) is 1.21. The van der Waals surface area contributed by atoms with E-state index in [9.17, 15) is 14.9 Å². The molecule has 0 aliphatic heterocycles. The summed E-state index contributed by atoms with van der Waals surface area (Å²) >= 11 is 0. The van der Waals surface area contributed by atoms with Gasteiger partial charge in [0.05, 0.1) is 28.2 Å². The maximum atomic E-state index is 11.8. The van der Waals surface area contributed by atoms with Gasteiger partial charge in [0.1, 0.15) is 6.54 Å². The smallest absolute Gasteiger partial charge is 0.271 e. The number of hydrogen-bond acceptors (Lipinski definition) is 5. The van der Waals surface area contributed by atoms with Crippen molar-refractivity contribution in [3.8, 4) is 6.07 Å². The highest BCUT2D eigenvalue weighted by Gasteiger charge is 2.09. The summed E-state index contributed by atoms with van der Waals surface area (Å²) < 4.78 is 1.15. The maximum Gasteiger partial charge on any atom is 0.271 e. The van der Waals surface area contributed by atoms with E-state index in [2.05, 4.69) is 4.98 Å². The summed E-state index contributed by atoms with van der Waals surface area (Å²) in [7, 11) is 0. The Kier molecular flexibility index (Phi) is 2.54. The van der Waals surface area contributed by atoms with E-state index in [1.807, 2.05) is 6.07 Å². The topological polar surface area (TPSA) is 102 Å². The van der Waals surface area contributed by atoms with Gasteiger partial charge in [0.25, 0.3) is 11.2 Å². The molecule has 84 valence electrons. The lowest BCUT2D eigenvalue weighted by molar-refractivity contribution is -0.384. The van der Waals surface area contributed by atoms with Crippen molar-refractivity contribution in [2.24, 2.45) is 0 Å². The van der Waals surface area contributed by atoms with Gasteiger partial charge in [0.15, 0.2) is 0 Å². The number of hydrogen-bond donors (Lipinski definition) is 0. The quantitative estimate of drug-likeness (QED) is 0.561. The van der Waals surface area contributed by atoms with Gasteiger partial charge in [0.2, 0.25) is 0 Å². The molecule has 0 N–H and O–H groups in total. The highest BCUT2D eigenvalue weighted by molar-refractivity contribution is 5.79. The monoisotopic (exact) mass is 230 g/mol. The molecule has 0 aliphatic carbocycles. The molecule has 0 bridgehead atoms. The second-order valence-corrected chi connectivity index (χ2v) is 3.29. The van der Waals surface area contributed by atoms with Gasteiger partial charge in [-0.05, 0) is 6.07 Å². The Morgan fingerprint density at radius 2 is 2.29 bits per heavy atom. The van der Waals surface area contributed by atoms with Crippen LogP contribution in [0.2, 0.25) is 0 Å². The van der Waals surface area contributed by atoms with Gasteiger partial charge in [-0.3, -0.25) is 19.5 Å². The van der Waals surface area contributed by atoms with E-state index in [0.29, 0.717) is 0 Å². The number of nitro benzene ring substituents is 1. The molecule has 0 atom stereocenters. The van der Waals surface area contributed by atoms with Gasteiger partial charge in [-0.25, -0.2) is 4.98 Å². The molecule has 0 unspecified atom stereocenters. The minimum absolute atomic E-state index is 0.0985. The predicted octanol–water partition coefficient (Wildman–Crippen LogP) is 0.828. The Morgan fingerprint density at radius 1 is 1.53 bits per heavy atom. The molecule has 7 heteroatoms. The molecule has 0 aliphatic rings. The third kappa shape index (κ3) is 1.83. The van der Waals surface area contributed by atoms with Gasteiger partial charge in [-0.1, -0.05) is 0 Å². The van der Waals surface area contributed by atoms with Gasteiger partial charge < -0.3 is 0 Å². The molecule has 1 aromatic heterocycles. The number of rotatable bonds is 2. The minimum atomic E-state index is -0.554. The molecule has 0 spiro atoms. The Morgan fingerprint density at radius 3 is 2.94 bits per heavy atom. The van der Waals surface area contributed by atoms with Crippen molar-refractivity contribution >= 4 is 16.6 Å². The first kappa shape index (κ1) is 10.8. The van der Waals surface area contributed by atoms with Crippen LogP contribution >= 0.6 is 0 Å². The maximum absolute atomic E-state index is 11.8. The van der Waals surface area contributed by atoms with Crippen LogP contribution in [0, 0.1) is 21.4 Å². The third-order valence-corrected chi connectivity index (χ3v) is 2.26. The summed E-state index contributed by atoms with van der Waals surface area (Å²) in [4.78, 5) is 25.7. The van der Waals surface area contributed by atoms with Crippen LogP contribution in [-0.2, 0) is 6.54 Å². The second-order valence-electron chi connectivity index (χ2n) is 3.29. The molecule has 0 saturated heterocycles. The second kappa shape index (κ2) is 4.02. The molecule has 17 heavy (non-hydrogen) atoms. The van der Waals surface area contributed by atoms with Crippen molar-refractivity contribution < 1.29 is 4.92 Å². The number of nitro groups is 1. The lowest BCUT2D eigenvalue weighted by atomic mass is 10.2. The van der Waals surface area contributed by atoms with Gasteiger partial charge in [-0.15, -0.1) is 0 Å². The first-order valence-corrected chi connectivity index (χ1v) is 4.64. The van der Waals surface area contributed by atoms with Gasteiger partial charge >= 0.3 is 0 Å². The molecule has 1 heterocycles. The summed E-state index contributed by atoms with van der Waals surface area (Å²) in [6, 6.07) is 5.65. The molecule has 0 amide bonds. The summed E-state index contributed by atoms with van der Waals surface area (Å²) in [5, 5.41) is 19.3. The number of nitriles is 1. The zero-order valence-electron chi connectivity index (χ0n) is 8.53. The van der Waals surface area contributed by atoms with Crippen molar-refractivity contribution in [2.75, 3.05) is 0 Å². The standard InChI is InChI=1S/C10H6N4O3/c11-3-4-13-6-12-9-5-7(14(16)17)1-2-8(9)10(13)15/h1-2,5-6H,4H2. The fourth-order valence-corrected chi connectivity index (χ4v) is 1.45. The zero-order valence-corrected chi connectivity index (χ0v) is 8.53. The predicted molar refractivity (Wildman–Crippen MR) is 58.3 cm³/mol. The number of non-ortho nitro benzene ring substituents is 1. The minimum Gasteiger partial charge on any atom is -0.285 e. The molecular formula is C10H6N4O3. The summed E-state index contributed by atoms with van der Waals surface area (Å²) in [6.45, 7) is -0.0985. The SMILES string of the molecule is N#CCn1cnc2cc([N+](=O)[O-])ccc2c1=O. The lowest BCUT2D eigenvalue weighted by Crippen LogP contribution is -2.19. The van der Waals surface area contributed by atoms with E-state index in [0.717, 1.165) is 4.57 Å². The number of aromatic nitrogens is 2. The van der Waals surface area contributed by atoms with Crippen LogP contribution < -0.4 is 5.56 Å². The average molecular weight is 230 g/mol. The van der Waals surface area contributed by atoms with E-state index in [1.54, 1.807) is 0 Å². The number of benzene rings is 1. The van der Waals surface area contributed by atoms with Crippen LogP contribution in [0.4, 0.5) is 5.69 Å². The largest absolute Gasteiger partial charge is 0.285 e. The molecule has 0 radical (unpaired) electrons. The van der Waals surface area contributed by atoms with Crippen LogP contribution in [0.3, 0.4) is 0 Å². The zero-order chi connectivity index (χ0) is 12.4. The van der Waals surface area contributed by atoms with Gasteiger partial charge in [-0.2, -0.15) is 5.26 Å². The fraction of sp³-hybridized carbons (Fsp3) is 0.100. The Labute approximate surface area is 94.7 Å². The van der Waals surface area contributed by atoms with Crippen LogP contribution in [0.5, 0.6) is 0 Å². The van der Waals surface area contributed by atoms with E-state index >= 15 is 0 Å². The first-order valence-electron chi connectivity index (χ1n) is 4.64. The summed E-state index contributed by atoms with van der Waals surface area (Å²) in [5.41, 5.74) is -0.257. The summed E-state index contributed by atoms with van der Waals surface area (Å²) in [5.74, 6) is 0. The molecule has 0 saturated carbocycles. The van der Waals surface area contributed by atoms with Gasteiger partial charge in [0, 0.05) is 12.1 Å². The molecule has 7 nitrogen and oxygen atoms in total. The Bertz CT molecular complexity index is 699. The van der Waals surface area contributed by atoms with E-state index in [1.165, 1.54) is 24.5 Å². The lowest BCUT2D eigenvalue weighted by Gasteiger charge is -2.01. The average Bonchev–Trinajstić information content (AvgIpc) is 2.32. The van der Waals surface area contributed by atoms with E-state index < -0.39 is 4.92 Å². The number of nitrogens with zero attached hydrogens (tertiary/aromatic N) is 4. The van der Waals surface area contributed by atoms with Crippen LogP contribution in [0.1, 0.15) is 0 Å². The third-order valence-electron chi connectivity index (χ3n) is 2.26. The molecule has 1 aromatic carbocycles. The van der Waals surface area contributed by atoms with Crippen molar-refractivity contribution in [3.63, 3.8) is 0 Å². The van der Waals surface area contributed by atoms with E-state index in [4.69, 9.17) is 5.26 Å². The normalized spacial score (nSPS) is 10.1. The van der Waals surface area contributed by atoms with Crippen molar-refractivity contribution in [2.45, 2.75) is 6.54 Å². The highest BCUT2D eigenvalue weighted by Crippen LogP contribution is 2.16. The van der Waals surface area contributed by atoms with Crippen molar-refractivity contribution in [1.82, 2.24) is 9.55 Å². The molecule has 2 aromatic rings. The van der Waals surface area contributed by atoms with Crippen molar-refractivity contribution in [3.05, 3.63) is 45.0 Å². The van der Waals surface area contributed by atoms with Crippen LogP contribution in [0.15, 0.2) is 29.3 Å². The van der Waals surface area contributed by atoms with Crippen LogP contribution in [0.25, 0.3) is 10.9 Å².